The number of nitrogens with zero attached hydrogens (tertiary/aromatic N) is 4. The Kier molecular flexibility index (Phi) is 19.1. The minimum atomic E-state index is -1.37. The van der Waals surface area contributed by atoms with Gasteiger partial charge in [-0.2, -0.15) is 0 Å². The van der Waals surface area contributed by atoms with Crippen molar-refractivity contribution in [2.75, 3.05) is 36.1 Å². The SMILES string of the molecule is CCCCc1nc2c(NC(=O)OCc3ccc(NC(=O)[C@H](CC(N)=O)NC(=O)[C@H](C)NC(=O)CCCCCN4C(=O)C=CC4=O)cc3)nc3ccccc3c2n1Cc1ccc(NC(=O)CCNC(=O)OC)cc1. The number of hydrogen-bond donors (Lipinski definition) is 7. The topological polar surface area (TPSA) is 304 Å². The first kappa shape index (κ1) is 53.7. The largest absolute Gasteiger partial charge is 0.453 e. The molecule has 9 amide bonds. The number of benzene rings is 3. The zero-order chi connectivity index (χ0) is 52.4. The van der Waals surface area contributed by atoms with Crippen LogP contribution in [0, 0.1) is 0 Å². The number of carbonyl (C=O) groups is 9. The lowest BCUT2D eigenvalue weighted by Gasteiger charge is -2.20. The fourth-order valence-electron chi connectivity index (χ4n) is 7.78. The molecule has 8 N–H and O–H groups in total. The maximum absolute atomic E-state index is 13.4. The fraction of sp³-hybridized carbons (Fsp3) is 0.353. The van der Waals surface area contributed by atoms with Crippen LogP contribution in [-0.2, 0) is 62.6 Å². The number of imide groups is 1. The standard InChI is InChI=1S/C51H59N11O11/c1-4-5-13-40-59-45-46(62(40)29-32-15-19-34(20-16-32)55-42(65)25-26-53-50(70)72-3)36-11-8-9-12-37(36)57-47(45)60-51(71)73-30-33-17-21-35(22-18-33)56-49(69)38(28-39(52)63)58-48(68)31(2)54-41(64)14-7-6-10-27-61-43(66)23-24-44(61)67/h8-9,11-12,15-24,31,38H,4-7,10,13-14,25-30H2,1-3H3,(H2,52,63)(H,53,70)(H,54,64)(H,55,65)(H,56,69)(H,58,68)(H,57,60,71)/t31-,38-/m0/s1. The minimum absolute atomic E-state index is 0.0683. The van der Waals surface area contributed by atoms with Gasteiger partial charge in [-0.15, -0.1) is 0 Å². The summed E-state index contributed by atoms with van der Waals surface area (Å²) in [5.74, 6) is -2.74. The van der Waals surface area contributed by atoms with Gasteiger partial charge < -0.3 is 46.4 Å². The van der Waals surface area contributed by atoms with E-state index >= 15 is 0 Å². The van der Waals surface area contributed by atoms with E-state index in [1.54, 1.807) is 36.4 Å². The Morgan fingerprint density at radius 3 is 2.10 bits per heavy atom. The van der Waals surface area contributed by atoms with Crippen LogP contribution in [0.3, 0.4) is 0 Å². The average Bonchev–Trinajstić information content (AvgIpc) is 3.90. The van der Waals surface area contributed by atoms with Crippen LogP contribution in [0.2, 0.25) is 0 Å². The number of imidazole rings is 1. The van der Waals surface area contributed by atoms with E-state index in [4.69, 9.17) is 20.4 Å². The maximum Gasteiger partial charge on any atom is 0.413 e. The van der Waals surface area contributed by atoms with Gasteiger partial charge in [0.15, 0.2) is 5.82 Å². The summed E-state index contributed by atoms with van der Waals surface area (Å²) >= 11 is 0. The Morgan fingerprint density at radius 2 is 1.41 bits per heavy atom. The number of aryl methyl sites for hydroxylation is 1. The van der Waals surface area contributed by atoms with Crippen molar-refractivity contribution in [2.24, 2.45) is 5.73 Å². The smallest absolute Gasteiger partial charge is 0.413 e. The van der Waals surface area contributed by atoms with Gasteiger partial charge >= 0.3 is 12.2 Å². The maximum atomic E-state index is 13.4. The van der Waals surface area contributed by atoms with Gasteiger partial charge in [0, 0.05) is 67.8 Å². The first-order valence-corrected chi connectivity index (χ1v) is 23.9. The van der Waals surface area contributed by atoms with Gasteiger partial charge in [-0.05, 0) is 67.6 Å². The number of nitrogens with one attached hydrogen (secondary N) is 6. The first-order valence-electron chi connectivity index (χ1n) is 23.9. The third-order valence-electron chi connectivity index (χ3n) is 11.6. The van der Waals surface area contributed by atoms with Gasteiger partial charge in [-0.3, -0.25) is 43.8 Å². The van der Waals surface area contributed by atoms with Gasteiger partial charge in [0.2, 0.25) is 29.5 Å². The molecule has 3 aromatic carbocycles. The number of nitrogens with two attached hydrogens (primary N) is 1. The number of rotatable bonds is 25. The Bertz CT molecular complexity index is 2860. The third-order valence-corrected chi connectivity index (χ3v) is 11.6. The highest BCUT2D eigenvalue weighted by atomic mass is 16.5. The molecule has 0 saturated carbocycles. The number of aromatic nitrogens is 3. The van der Waals surface area contributed by atoms with Crippen molar-refractivity contribution < 1.29 is 52.6 Å². The molecule has 2 aromatic heterocycles. The number of anilines is 3. The Hall–Kier alpha value is -8.69. The van der Waals surface area contributed by atoms with Crippen LogP contribution in [0.5, 0.6) is 0 Å². The molecule has 0 bridgehead atoms. The van der Waals surface area contributed by atoms with E-state index in [0.29, 0.717) is 60.2 Å². The molecule has 5 aromatic rings. The van der Waals surface area contributed by atoms with Crippen LogP contribution >= 0.6 is 0 Å². The lowest BCUT2D eigenvalue weighted by atomic mass is 10.1. The second-order valence-corrected chi connectivity index (χ2v) is 17.2. The molecule has 0 unspecified atom stereocenters. The molecule has 0 saturated heterocycles. The number of primary amides is 1. The van der Waals surface area contributed by atoms with E-state index in [1.807, 2.05) is 36.4 Å². The summed E-state index contributed by atoms with van der Waals surface area (Å²) in [4.78, 5) is 122. The van der Waals surface area contributed by atoms with Crippen LogP contribution in [0.1, 0.15) is 82.2 Å². The summed E-state index contributed by atoms with van der Waals surface area (Å²) < 4.78 is 12.2. The Morgan fingerprint density at radius 1 is 0.726 bits per heavy atom. The molecular formula is C51H59N11O11. The summed E-state index contributed by atoms with van der Waals surface area (Å²) in [5, 5.41) is 16.6. The number of unbranched alkanes of at least 4 members (excludes halogenated alkanes) is 3. The zero-order valence-corrected chi connectivity index (χ0v) is 40.8. The molecule has 0 radical (unpaired) electrons. The molecule has 22 nitrogen and oxygen atoms in total. The van der Waals surface area contributed by atoms with E-state index in [0.717, 1.165) is 40.0 Å². The normalized spacial score (nSPS) is 12.8. The lowest BCUT2D eigenvalue weighted by Crippen LogP contribution is -2.52. The molecule has 1 aliphatic heterocycles. The fourth-order valence-corrected chi connectivity index (χ4v) is 7.78. The summed E-state index contributed by atoms with van der Waals surface area (Å²) in [6.07, 6.45) is 4.61. The highest BCUT2D eigenvalue weighted by Crippen LogP contribution is 2.32. The zero-order valence-electron chi connectivity index (χ0n) is 40.8. The number of fused-ring (bicyclic) bond motifs is 3. The molecule has 384 valence electrons. The van der Waals surface area contributed by atoms with E-state index in [1.165, 1.54) is 26.2 Å². The highest BCUT2D eigenvalue weighted by Gasteiger charge is 2.27. The van der Waals surface area contributed by atoms with E-state index < -0.39 is 54.3 Å². The number of carbonyl (C=O) groups excluding carboxylic acids is 9. The first-order chi connectivity index (χ1) is 35.1. The van der Waals surface area contributed by atoms with Gasteiger partial charge in [0.25, 0.3) is 11.8 Å². The number of pyridine rings is 1. The van der Waals surface area contributed by atoms with Crippen LogP contribution in [0.25, 0.3) is 21.9 Å². The second-order valence-electron chi connectivity index (χ2n) is 17.2. The highest BCUT2D eigenvalue weighted by molar-refractivity contribution is 6.13. The predicted molar refractivity (Wildman–Crippen MR) is 269 cm³/mol. The van der Waals surface area contributed by atoms with Gasteiger partial charge in [-0.1, -0.05) is 62.2 Å². The minimum Gasteiger partial charge on any atom is -0.453 e. The number of hydrogen-bond acceptors (Lipinski definition) is 13. The molecule has 0 fully saturated rings. The lowest BCUT2D eigenvalue weighted by molar-refractivity contribution is -0.137. The van der Waals surface area contributed by atoms with Crippen molar-refractivity contribution in [3.8, 4) is 0 Å². The molecule has 6 rings (SSSR count). The number of para-hydroxylation sites is 1. The van der Waals surface area contributed by atoms with Crippen molar-refractivity contribution >= 4 is 92.7 Å². The Balaban J connectivity index is 1.03. The predicted octanol–water partition coefficient (Wildman–Crippen LogP) is 4.70. The number of ether oxygens (including phenoxy) is 2. The molecule has 0 aliphatic carbocycles. The molecule has 0 spiro atoms. The van der Waals surface area contributed by atoms with Crippen LogP contribution < -0.4 is 37.6 Å². The summed E-state index contributed by atoms with van der Waals surface area (Å²) in [6, 6.07) is 18.9. The summed E-state index contributed by atoms with van der Waals surface area (Å²) in [5.41, 5.74) is 9.66. The second kappa shape index (κ2) is 26.0. The average molecular weight is 1000 g/mol. The van der Waals surface area contributed by atoms with Crippen LogP contribution in [-0.4, -0.2) is 105 Å². The molecule has 22 heteroatoms. The summed E-state index contributed by atoms with van der Waals surface area (Å²) in [6.45, 7) is 4.16. The van der Waals surface area contributed by atoms with Crippen molar-refractivity contribution in [3.63, 3.8) is 0 Å². The molecule has 73 heavy (non-hydrogen) atoms. The third kappa shape index (κ3) is 15.4. The van der Waals surface area contributed by atoms with Crippen molar-refractivity contribution in [1.29, 1.82) is 0 Å². The van der Waals surface area contributed by atoms with Crippen LogP contribution in [0.15, 0.2) is 84.9 Å². The molecular weight excluding hydrogens is 943 g/mol. The quantitative estimate of drug-likeness (QED) is 0.0309. The molecule has 1 aliphatic rings. The number of alkyl carbamates (subject to hydrolysis) is 1. The van der Waals surface area contributed by atoms with E-state index in [9.17, 15) is 43.2 Å². The van der Waals surface area contributed by atoms with E-state index in [2.05, 4.69) is 48.1 Å². The van der Waals surface area contributed by atoms with Crippen molar-refractivity contribution in [2.45, 2.75) is 96.9 Å². The number of methoxy groups -OCH3 is 1. The monoisotopic (exact) mass is 1000 g/mol. The summed E-state index contributed by atoms with van der Waals surface area (Å²) in [7, 11) is 1.25. The van der Waals surface area contributed by atoms with Crippen LogP contribution in [0.4, 0.5) is 26.8 Å². The van der Waals surface area contributed by atoms with Gasteiger partial charge in [0.05, 0.1) is 24.6 Å². The van der Waals surface area contributed by atoms with Crippen molar-refractivity contribution in [1.82, 2.24) is 35.4 Å². The van der Waals surface area contributed by atoms with E-state index in [-0.39, 0.29) is 56.1 Å². The van der Waals surface area contributed by atoms with Crippen molar-refractivity contribution in [3.05, 3.63) is 102 Å². The number of amides is 9. The molecule has 3 heterocycles. The molecule has 2 atom stereocenters. The Labute approximate surface area is 420 Å². The van der Waals surface area contributed by atoms with Gasteiger partial charge in [-0.25, -0.2) is 19.6 Å². The van der Waals surface area contributed by atoms with Gasteiger partial charge in [0.1, 0.15) is 30.0 Å².